The molecule has 2 aliphatic carbocycles. The second-order valence-corrected chi connectivity index (χ2v) is 18.9. The summed E-state index contributed by atoms with van der Waals surface area (Å²) in [5.41, 5.74) is 4.37. The quantitative estimate of drug-likeness (QED) is 0.0902. The minimum absolute atomic E-state index is 0.120. The zero-order chi connectivity index (χ0) is 44.9. The first-order chi connectivity index (χ1) is 30.7. The van der Waals surface area contributed by atoms with Gasteiger partial charge in [-0.3, -0.25) is 28.8 Å². The standard InChI is InChI=1S/C49H44ClN7O6S/c1-25-34-22-27(50)8-20-40(34)64-44(25)37-24-41(55(5)53-37)57-46(60)36-23-35-32(43(49(36,2)48(57)62)26-7-19-39(63-6)38(58)21-26)17-18-33-42(35)47(61)56(45(33)59)31-15-11-29(12-16-31)52-51-28-9-13-30(14-10-28)54(3)4/h7-17,19-22,24,33,35-36,42-43,58H,18,23H2,1-6H3/t33-,35+,36-,42-,43-,49+/m0/s1. The fourth-order valence-electron chi connectivity index (χ4n) is 10.6. The fraction of sp³-hybridized carbons (Fsp3) is 0.286. The highest BCUT2D eigenvalue weighted by Crippen LogP contribution is 2.64. The highest BCUT2D eigenvalue weighted by atomic mass is 35.5. The van der Waals surface area contributed by atoms with Gasteiger partial charge in [-0.2, -0.15) is 15.3 Å². The third-order valence-electron chi connectivity index (χ3n) is 13.8. The Bertz CT molecular complexity index is 3010. The van der Waals surface area contributed by atoms with Crippen LogP contribution in [-0.2, 0) is 26.2 Å². The molecule has 6 aromatic rings. The molecule has 2 aromatic heterocycles. The summed E-state index contributed by atoms with van der Waals surface area (Å²) in [6, 6.07) is 27.0. The summed E-state index contributed by atoms with van der Waals surface area (Å²) < 4.78 is 7.98. The topological polar surface area (TPSA) is 150 Å². The zero-order valence-electron chi connectivity index (χ0n) is 35.9. The van der Waals surface area contributed by atoms with Gasteiger partial charge in [0.05, 0.1) is 52.2 Å². The van der Waals surface area contributed by atoms with Crippen LogP contribution in [0.3, 0.4) is 0 Å². The lowest BCUT2D eigenvalue weighted by Crippen LogP contribution is -2.48. The Kier molecular flexibility index (Phi) is 9.87. The van der Waals surface area contributed by atoms with E-state index >= 15 is 9.59 Å². The van der Waals surface area contributed by atoms with E-state index in [0.717, 1.165) is 31.8 Å². The average Bonchev–Trinajstić information content (AvgIpc) is 3.96. The first kappa shape index (κ1) is 41.4. The van der Waals surface area contributed by atoms with Gasteiger partial charge in [-0.05, 0) is 128 Å². The molecule has 3 fully saturated rings. The van der Waals surface area contributed by atoms with Gasteiger partial charge in [0, 0.05) is 48.5 Å². The van der Waals surface area contributed by atoms with Gasteiger partial charge in [-0.1, -0.05) is 29.3 Å². The number of imide groups is 2. The van der Waals surface area contributed by atoms with Crippen LogP contribution < -0.4 is 19.4 Å². The molecular weight excluding hydrogens is 850 g/mol. The molecule has 0 bridgehead atoms. The summed E-state index contributed by atoms with van der Waals surface area (Å²) >= 11 is 7.91. The van der Waals surface area contributed by atoms with Gasteiger partial charge in [0.15, 0.2) is 11.5 Å². The number of carbonyl (C=O) groups is 4. The van der Waals surface area contributed by atoms with E-state index in [9.17, 15) is 14.7 Å². The highest BCUT2D eigenvalue weighted by Gasteiger charge is 2.68. The number of phenols is 1. The number of carbonyl (C=O) groups excluding carboxylic acids is 4. The van der Waals surface area contributed by atoms with Crippen molar-refractivity contribution >= 4 is 85.2 Å². The Morgan fingerprint density at radius 3 is 2.25 bits per heavy atom. The first-order valence-electron chi connectivity index (χ1n) is 21.0. The molecule has 0 unspecified atom stereocenters. The molecule has 2 saturated heterocycles. The molecule has 15 heteroatoms. The Morgan fingerprint density at radius 1 is 0.875 bits per heavy atom. The number of aromatic hydroxyl groups is 1. The minimum atomic E-state index is -1.33. The molecule has 13 nitrogen and oxygen atoms in total. The number of fused-ring (bicyclic) bond motifs is 5. The lowest BCUT2D eigenvalue weighted by molar-refractivity contribution is -0.131. The van der Waals surface area contributed by atoms with Gasteiger partial charge in [0.1, 0.15) is 11.5 Å². The van der Waals surface area contributed by atoms with E-state index < -0.39 is 46.8 Å². The van der Waals surface area contributed by atoms with Crippen molar-refractivity contribution in [3.05, 3.63) is 119 Å². The molecule has 1 N–H and O–H groups in total. The van der Waals surface area contributed by atoms with Crippen molar-refractivity contribution in [2.24, 2.45) is 46.4 Å². The number of hydrogen-bond donors (Lipinski definition) is 1. The maximum Gasteiger partial charge on any atom is 0.242 e. The molecule has 0 radical (unpaired) electrons. The Hall–Kier alpha value is -6.64. The molecule has 1 saturated carbocycles. The van der Waals surface area contributed by atoms with E-state index in [1.165, 1.54) is 16.9 Å². The van der Waals surface area contributed by atoms with E-state index in [-0.39, 0.29) is 36.2 Å². The Morgan fingerprint density at radius 2 is 1.58 bits per heavy atom. The van der Waals surface area contributed by atoms with Crippen LogP contribution >= 0.6 is 22.9 Å². The van der Waals surface area contributed by atoms with Crippen LogP contribution in [0.15, 0.2) is 113 Å². The van der Waals surface area contributed by atoms with Gasteiger partial charge in [-0.15, -0.1) is 11.3 Å². The molecule has 324 valence electrons. The van der Waals surface area contributed by atoms with E-state index in [2.05, 4.69) is 10.2 Å². The summed E-state index contributed by atoms with van der Waals surface area (Å²) in [6.07, 6.45) is 2.43. The van der Waals surface area contributed by atoms with Crippen LogP contribution in [0.2, 0.25) is 5.02 Å². The molecule has 64 heavy (non-hydrogen) atoms. The van der Waals surface area contributed by atoms with E-state index in [1.807, 2.05) is 81.4 Å². The number of benzene rings is 4. The fourth-order valence-corrected chi connectivity index (χ4v) is 11.9. The van der Waals surface area contributed by atoms with Crippen LogP contribution in [0.1, 0.15) is 36.8 Å². The number of nitrogens with zero attached hydrogens (tertiary/aromatic N) is 7. The maximum atomic E-state index is 15.2. The molecule has 2 aliphatic heterocycles. The third-order valence-corrected chi connectivity index (χ3v) is 15.3. The minimum Gasteiger partial charge on any atom is -0.504 e. The number of rotatable bonds is 8. The maximum absolute atomic E-state index is 15.2. The van der Waals surface area contributed by atoms with Gasteiger partial charge < -0.3 is 14.7 Å². The number of halogens is 1. The van der Waals surface area contributed by atoms with Crippen LogP contribution in [0.5, 0.6) is 11.5 Å². The predicted molar refractivity (Wildman–Crippen MR) is 247 cm³/mol. The number of aryl methyl sites for hydroxylation is 2. The summed E-state index contributed by atoms with van der Waals surface area (Å²) in [6.45, 7) is 3.82. The van der Waals surface area contributed by atoms with Gasteiger partial charge in [0.25, 0.3) is 0 Å². The number of ether oxygens (including phenoxy) is 1. The van der Waals surface area contributed by atoms with Gasteiger partial charge in [-0.25, -0.2) is 4.90 Å². The summed E-state index contributed by atoms with van der Waals surface area (Å²) in [4.78, 5) is 64.7. The number of anilines is 3. The summed E-state index contributed by atoms with van der Waals surface area (Å²) in [7, 11) is 7.10. The van der Waals surface area contributed by atoms with Gasteiger partial charge in [0.2, 0.25) is 23.6 Å². The molecule has 0 spiro atoms. The number of thiophene rings is 1. The zero-order valence-corrected chi connectivity index (χ0v) is 37.5. The average molecular weight is 894 g/mol. The SMILES string of the molecule is COc1ccc([C@H]2C3=CC[C@@H]4C(=O)N(c5ccc(N=Nc6ccc(N(C)C)cc6)cc5)C(=O)[C@@H]4[C@@H]3C[C@H]3C(=O)N(c4cc(-c5sc6ccc(Cl)cc6c5C)nn4C)C(=O)[C@@]23C)cc1O. The monoisotopic (exact) mass is 893 g/mol. The lowest BCUT2D eigenvalue weighted by Gasteiger charge is -2.49. The van der Waals surface area contributed by atoms with Crippen LogP contribution in [0, 0.1) is 36.0 Å². The number of aromatic nitrogens is 2. The van der Waals surface area contributed by atoms with Crippen LogP contribution in [-0.4, -0.2) is 59.7 Å². The molecule has 4 aliphatic rings. The lowest BCUT2D eigenvalue weighted by atomic mass is 9.51. The van der Waals surface area contributed by atoms with Crippen molar-refractivity contribution in [2.45, 2.75) is 32.6 Å². The normalized spacial score (nSPS) is 24.1. The summed E-state index contributed by atoms with van der Waals surface area (Å²) in [5.74, 6) is -4.61. The van der Waals surface area contributed by atoms with E-state index in [0.29, 0.717) is 39.2 Å². The highest BCUT2D eigenvalue weighted by molar-refractivity contribution is 7.22. The number of methoxy groups -OCH3 is 1. The number of allylic oxidation sites excluding steroid dienone is 2. The van der Waals surface area contributed by atoms with Crippen LogP contribution in [0.4, 0.5) is 28.6 Å². The number of phenolic OH excluding ortho intramolecular Hbond substituents is 1. The molecule has 6 atom stereocenters. The smallest absolute Gasteiger partial charge is 0.242 e. The number of hydrogen-bond acceptors (Lipinski definition) is 11. The van der Waals surface area contributed by atoms with Crippen LogP contribution in [0.25, 0.3) is 20.7 Å². The van der Waals surface area contributed by atoms with E-state index in [1.54, 1.807) is 71.6 Å². The number of azo groups is 1. The van der Waals surface area contributed by atoms with Crippen molar-refractivity contribution in [1.82, 2.24) is 9.78 Å². The molecule has 10 rings (SSSR count). The van der Waals surface area contributed by atoms with Gasteiger partial charge >= 0.3 is 0 Å². The second-order valence-electron chi connectivity index (χ2n) is 17.4. The second kappa shape index (κ2) is 15.3. The molecule has 4 heterocycles. The molecule has 4 aromatic carbocycles. The number of amides is 4. The van der Waals surface area contributed by atoms with Crippen molar-refractivity contribution in [1.29, 1.82) is 0 Å². The molecule has 4 amide bonds. The van der Waals surface area contributed by atoms with Crippen molar-refractivity contribution in [2.75, 3.05) is 35.9 Å². The first-order valence-corrected chi connectivity index (χ1v) is 22.2. The van der Waals surface area contributed by atoms with Crippen molar-refractivity contribution in [3.8, 4) is 22.1 Å². The summed E-state index contributed by atoms with van der Waals surface area (Å²) in [5, 5.41) is 26.3. The van der Waals surface area contributed by atoms with Crippen molar-refractivity contribution < 1.29 is 29.0 Å². The van der Waals surface area contributed by atoms with Crippen molar-refractivity contribution in [3.63, 3.8) is 0 Å². The third kappa shape index (κ3) is 6.28. The molecular formula is C49H44ClN7O6S. The Balaban J connectivity index is 0.994. The Labute approximate surface area is 378 Å². The van der Waals surface area contributed by atoms with E-state index in [4.69, 9.17) is 21.4 Å². The largest absolute Gasteiger partial charge is 0.504 e. The predicted octanol–water partition coefficient (Wildman–Crippen LogP) is 9.89.